The fourth-order valence-corrected chi connectivity index (χ4v) is 11.9. The van der Waals surface area contributed by atoms with Crippen LogP contribution in [0.2, 0.25) is 0 Å². The van der Waals surface area contributed by atoms with Gasteiger partial charge in [0.2, 0.25) is 11.9 Å². The number of anilines is 2. The van der Waals surface area contributed by atoms with E-state index in [-0.39, 0.29) is 120 Å². The average molecular weight is 1750 g/mol. The van der Waals surface area contributed by atoms with Gasteiger partial charge in [-0.15, -0.1) is 71.1 Å². The quantitative estimate of drug-likeness (QED) is 0.0164. The Morgan fingerprint density at radius 3 is 1.31 bits per heavy atom. The van der Waals surface area contributed by atoms with Crippen molar-refractivity contribution < 1.29 is 68.2 Å². The Kier molecular flexibility index (Phi) is 64.2. The van der Waals surface area contributed by atoms with Gasteiger partial charge in [0.1, 0.15) is 11.4 Å². The second-order valence-corrected chi connectivity index (χ2v) is 26.2. The summed E-state index contributed by atoms with van der Waals surface area (Å²) in [6.07, 6.45) is 12.4. The van der Waals surface area contributed by atoms with Gasteiger partial charge in [0.25, 0.3) is 0 Å². The number of carbonyl (C=O) groups is 1. The number of terminal acetylenes is 1. The van der Waals surface area contributed by atoms with E-state index >= 15 is 0 Å². The molecule has 33 nitrogen and oxygen atoms in total. The monoisotopic (exact) mass is 1750 g/mol. The number of carboxylic acid groups (broad SMARTS) is 1. The summed E-state index contributed by atoms with van der Waals surface area (Å²) in [7, 11) is 0. The molecule has 4 aliphatic rings. The Labute approximate surface area is 750 Å². The van der Waals surface area contributed by atoms with Crippen molar-refractivity contribution in [3.63, 3.8) is 0 Å². The number of nitrogen functional groups attached to an aromatic ring is 2. The normalized spacial score (nSPS) is 14.4. The number of alkyl halides is 3. The van der Waals surface area contributed by atoms with Crippen LogP contribution in [0, 0.1) is 58.7 Å². The van der Waals surface area contributed by atoms with E-state index in [2.05, 4.69) is 120 Å². The van der Waals surface area contributed by atoms with Gasteiger partial charge in [0, 0.05) is 61.0 Å². The number of carbonyl (C=O) groups excluding carboxylic acids is 6. The molecule has 7 aromatic heterocycles. The number of halogens is 5. The Bertz CT molecular complexity index is 4740. The first-order valence-electron chi connectivity index (χ1n) is 34.9. The van der Waals surface area contributed by atoms with Crippen molar-refractivity contribution >= 4 is 95.9 Å². The number of nitrogens with one attached hydrogen (secondary N) is 1. The van der Waals surface area contributed by atoms with Crippen LogP contribution in [0.4, 0.5) is 11.9 Å². The van der Waals surface area contributed by atoms with E-state index < -0.39 is 5.97 Å². The number of aromatic nitrogens is 11. The smallest absolute Gasteiger partial charge is 0.481 e. The second kappa shape index (κ2) is 66.9. The zero-order valence-electron chi connectivity index (χ0n) is 64.1. The number of nitriles is 2. The number of nitrogens with zero attached hydrogens (tertiary/aromatic N) is 22. The van der Waals surface area contributed by atoms with Gasteiger partial charge in [0.05, 0.1) is 123 Å². The predicted molar refractivity (Wildman–Crippen MR) is 460 cm³/mol. The van der Waals surface area contributed by atoms with Crippen molar-refractivity contribution in [1.29, 1.82) is 10.5 Å². The van der Waals surface area contributed by atoms with E-state index in [0.717, 1.165) is 107 Å². The minimum Gasteiger partial charge on any atom is -0.481 e. The summed E-state index contributed by atoms with van der Waals surface area (Å²) in [5, 5.41) is 42.5. The molecule has 13 rings (SSSR count). The molecule has 0 saturated carbocycles. The number of benzene rings is 2. The summed E-state index contributed by atoms with van der Waals surface area (Å²) in [5.41, 5.74) is 46.1. The number of carboxylic acids is 1. The molecule has 0 radical (unpaired) electrons. The van der Waals surface area contributed by atoms with E-state index in [1.807, 2.05) is 78.9 Å². The summed E-state index contributed by atoms with van der Waals surface area (Å²) < 4.78 is 1.67. The molecule has 0 aliphatic carbocycles. The Balaban J connectivity index is -0.000000690. The minimum absolute atomic E-state index is 0. The number of azide groups is 1. The van der Waals surface area contributed by atoms with E-state index in [4.69, 9.17) is 108 Å². The van der Waals surface area contributed by atoms with Crippen molar-refractivity contribution in [1.82, 2.24) is 74.9 Å². The molecule has 6 N–H and O–H groups in total. The number of rotatable bonds is 17. The van der Waals surface area contributed by atoms with E-state index in [1.54, 1.807) is 59.4 Å². The number of hydrogen-bond donors (Lipinski definition) is 4. The molecule has 9 aromatic rings. The summed E-state index contributed by atoms with van der Waals surface area (Å²) >= 11 is 16.9. The maximum absolute atomic E-state index is 11.2. The van der Waals surface area contributed by atoms with Gasteiger partial charge in [0.15, 0.2) is 0 Å². The van der Waals surface area contributed by atoms with Gasteiger partial charge in [-0.1, -0.05) is 115 Å². The third kappa shape index (κ3) is 44.7. The van der Waals surface area contributed by atoms with Gasteiger partial charge in [-0.05, 0) is 167 Å². The van der Waals surface area contributed by atoms with Crippen molar-refractivity contribution in [2.45, 2.75) is 127 Å². The molecule has 11 heterocycles. The fraction of sp³-hybridized carbons (Fsp3) is 0.383. The van der Waals surface area contributed by atoms with Crippen LogP contribution >= 0.6 is 59.6 Å². The van der Waals surface area contributed by atoms with Crippen LogP contribution in [0.3, 0.4) is 0 Å². The molecule has 4 aliphatic heterocycles. The summed E-state index contributed by atoms with van der Waals surface area (Å²) in [6, 6.07) is 45.2. The molecule has 4 saturated heterocycles. The third-order valence-electron chi connectivity index (χ3n) is 16.6. The van der Waals surface area contributed by atoms with Crippen LogP contribution in [-0.2, 0) is 83.9 Å². The fourth-order valence-electron chi connectivity index (χ4n) is 11.5. The van der Waals surface area contributed by atoms with Crippen LogP contribution in [-0.4, -0.2) is 151 Å². The van der Waals surface area contributed by atoms with E-state index in [0.29, 0.717) is 89.8 Å². The molecule has 4 fully saturated rings. The minimum atomic E-state index is -0.741. The SMILES string of the molecule is C.C.C.C.C#Cc1cc(-c2cccc(C#N)c2)nc(N)n1.CC1CCN(Cc2cccc(CCl)n2)C1.CC1CCN(Cc2cccc(CN=[N+]=[N-])n2)C1.CC1CCNC1.Cl.Cl.ClCc1cccc(CCl)n1.N#Cc1cccc(-c2cc(-c3cn(Cc4cccc(CN5CCC(C(=O)O)C5)n4)nn3)nc(N)n2)c1.O=C=O.O=C=O.O=C=O.[N-]=[N+]=[N-].[Na+]. The first-order valence-corrected chi connectivity index (χ1v) is 36.5. The molecule has 120 heavy (non-hydrogen) atoms. The zero-order chi connectivity index (χ0) is 82.7. The number of aliphatic carboxylic acids is 1. The first kappa shape index (κ1) is 115. The molecule has 4 unspecified atom stereocenters. The predicted octanol–water partition coefficient (Wildman–Crippen LogP) is 11.9. The number of pyridine rings is 4. The standard InChI is InChI=1S/C25H23N9O2.C13H8N4.C12H17ClN2.C12H17N5.C7H7Cl2N.C5H11N.3CO2.4CH4.2ClH.N3.Na/c26-11-16-3-1-4-17(9-16)21-10-22(30-25(27)29-21)23-15-34(32-31-23)14-20-6-2-5-19(28-20)13-33-8-7-18(12-33)24(35)36;1-2-11-7-12(17-13(15)16-11)10-5-3-4-9(6-10)8-14;1-10-5-6-15(8-10)9-12-4-2-3-11(7-13)14-12;1-10-5-6-17(8-10)9-12-4-2-3-11(15-12)7-14-16-13;8-4-6-2-1-3-7(5-9)10-6;1-5-2-3-6-4-5;3*2-1-3;;;;;;;1-3-2;/h1-6,9-10,15,18H,7-8,12-14H2,(H,35,36)(H2,27,29,30);1,3-7H,(H2,15,16,17);2-4,10H,5-9H2,1H3;2-4,10H,5-9H2,1H3;1-3H,4-5H2;5-6H,2-4H2,1H3;;;;4*1H4;2*1H;;/q;;;;;;;;;;;;;;;-1;+1. The van der Waals surface area contributed by atoms with Crippen LogP contribution in [0.25, 0.3) is 60.3 Å². The number of hydrogen-bond acceptors (Lipinski definition) is 26. The van der Waals surface area contributed by atoms with Crippen LogP contribution in [0.5, 0.6) is 0 Å². The first-order chi connectivity index (χ1) is 54.7. The second-order valence-electron chi connectivity index (χ2n) is 25.3. The molecule has 4 atom stereocenters. The van der Waals surface area contributed by atoms with Crippen molar-refractivity contribution in [2.24, 2.45) is 28.8 Å². The molecule has 2 aromatic carbocycles. The van der Waals surface area contributed by atoms with Gasteiger partial charge in [-0.25, -0.2) is 24.6 Å². The molecular formula is C81H101Cl5N25NaO8. The summed E-state index contributed by atoms with van der Waals surface area (Å²) in [6.45, 7) is 18.6. The third-order valence-corrected chi connectivity index (χ3v) is 17.4. The Morgan fingerprint density at radius 1 is 0.542 bits per heavy atom. The molecule has 634 valence electrons. The van der Waals surface area contributed by atoms with E-state index in [1.165, 1.54) is 50.4 Å². The maximum Gasteiger partial charge on any atom is 1.00 e. The molecule has 39 heteroatoms. The molecule has 0 bridgehead atoms. The summed E-state index contributed by atoms with van der Waals surface area (Å²) in [5.74, 6) is 5.54. The average Bonchev–Trinajstić information content (AvgIpc) is 1.43. The van der Waals surface area contributed by atoms with Crippen LogP contribution < -0.4 is 46.3 Å². The Morgan fingerprint density at radius 2 is 0.925 bits per heavy atom. The van der Waals surface area contributed by atoms with Crippen molar-refractivity contribution in [3.05, 3.63) is 228 Å². The van der Waals surface area contributed by atoms with E-state index in [9.17, 15) is 15.2 Å². The molecular weight excluding hydrogens is 1650 g/mol. The van der Waals surface area contributed by atoms with Gasteiger partial charge >= 0.3 is 54.0 Å². The zero-order valence-corrected chi connectivity index (χ0v) is 70.0. The van der Waals surface area contributed by atoms with Gasteiger partial charge < -0.3 is 33.0 Å². The van der Waals surface area contributed by atoms with Gasteiger partial charge in [-0.2, -0.15) is 39.3 Å². The van der Waals surface area contributed by atoms with Crippen LogP contribution in [0.15, 0.2) is 145 Å². The maximum atomic E-state index is 11.2. The Hall–Kier alpha value is -11.0. The summed E-state index contributed by atoms with van der Waals surface area (Å²) in [4.78, 5) is 106. The van der Waals surface area contributed by atoms with Gasteiger partial charge in [-0.3, -0.25) is 44.3 Å². The number of nitrogens with two attached hydrogens (primary N) is 2. The molecule has 0 amide bonds. The number of likely N-dealkylation sites (tertiary alicyclic amines) is 3. The van der Waals surface area contributed by atoms with Crippen molar-refractivity contribution in [3.8, 4) is 58.4 Å². The topological polar surface area (TPSA) is 502 Å². The molecule has 0 spiro atoms. The van der Waals surface area contributed by atoms with Crippen molar-refractivity contribution in [2.75, 3.05) is 63.8 Å². The largest absolute Gasteiger partial charge is 1.00 e. The van der Waals surface area contributed by atoms with Crippen LogP contribution in [0.1, 0.15) is 139 Å².